The van der Waals surface area contributed by atoms with Gasteiger partial charge in [0.2, 0.25) is 0 Å². The van der Waals surface area contributed by atoms with E-state index in [1.54, 1.807) is 11.3 Å². The van der Waals surface area contributed by atoms with Crippen molar-refractivity contribution in [3.63, 3.8) is 0 Å². The van der Waals surface area contributed by atoms with Crippen LogP contribution in [-0.2, 0) is 0 Å². The third-order valence-corrected chi connectivity index (χ3v) is 5.85. The number of rotatable bonds is 6. The van der Waals surface area contributed by atoms with Crippen molar-refractivity contribution < 1.29 is 4.79 Å². The maximum atomic E-state index is 12.2. The van der Waals surface area contributed by atoms with Crippen molar-refractivity contribution in [2.75, 3.05) is 6.54 Å². The van der Waals surface area contributed by atoms with Gasteiger partial charge in [-0.15, -0.1) is 11.3 Å². The molecule has 0 bridgehead atoms. The second-order valence-corrected chi connectivity index (χ2v) is 7.21. The number of fused-ring (bicyclic) bond motifs is 1. The molecule has 2 rings (SSSR count). The summed E-state index contributed by atoms with van der Waals surface area (Å²) >= 11 is 5.24. The van der Waals surface area contributed by atoms with E-state index < -0.39 is 0 Å². The Morgan fingerprint density at radius 2 is 2.00 bits per heavy atom. The lowest BCUT2D eigenvalue weighted by molar-refractivity contribution is 0.0956. The number of halogens is 1. The summed E-state index contributed by atoms with van der Waals surface area (Å²) in [7, 11) is 0. The minimum Gasteiger partial charge on any atom is -0.350 e. The highest BCUT2D eigenvalue weighted by molar-refractivity contribution is 9.09. The Hall–Kier alpha value is -0.870. The minimum atomic E-state index is 0.0293. The molecule has 1 aromatic carbocycles. The van der Waals surface area contributed by atoms with Gasteiger partial charge in [-0.25, -0.2) is 0 Å². The molecule has 0 radical (unpaired) electrons. The fourth-order valence-electron chi connectivity index (χ4n) is 2.34. The zero-order valence-corrected chi connectivity index (χ0v) is 14.3. The fraction of sp³-hybridized carbons (Fsp3) is 0.438. The molecule has 1 unspecified atom stereocenters. The number of hydrogen-bond acceptors (Lipinski definition) is 2. The summed E-state index contributed by atoms with van der Waals surface area (Å²) < 4.78 is 1.16. The van der Waals surface area contributed by atoms with E-state index in [1.165, 1.54) is 0 Å². The average molecular weight is 354 g/mol. The number of benzene rings is 1. The maximum Gasteiger partial charge on any atom is 0.261 e. The molecule has 0 aliphatic rings. The molecule has 2 nitrogen and oxygen atoms in total. The van der Waals surface area contributed by atoms with Crippen LogP contribution in [0, 0.1) is 5.92 Å². The van der Waals surface area contributed by atoms with E-state index in [-0.39, 0.29) is 5.91 Å². The minimum absolute atomic E-state index is 0.0293. The van der Waals surface area contributed by atoms with Crippen LogP contribution in [0.2, 0.25) is 0 Å². The summed E-state index contributed by atoms with van der Waals surface area (Å²) in [5.74, 6) is 0.638. The van der Waals surface area contributed by atoms with Gasteiger partial charge >= 0.3 is 0 Å². The molecule has 0 saturated heterocycles. The summed E-state index contributed by atoms with van der Waals surface area (Å²) in [5.41, 5.74) is 0. The molecule has 1 amide bonds. The first-order valence-electron chi connectivity index (χ1n) is 7.06. The Bertz CT molecular complexity index is 544. The molecule has 108 valence electrons. The lowest BCUT2D eigenvalue weighted by Crippen LogP contribution is -2.32. The zero-order chi connectivity index (χ0) is 14.5. The lowest BCUT2D eigenvalue weighted by atomic mass is 9.99. The second kappa shape index (κ2) is 7.23. The van der Waals surface area contributed by atoms with Gasteiger partial charge in [-0.05, 0) is 23.4 Å². The molecule has 4 heteroatoms. The van der Waals surface area contributed by atoms with Crippen LogP contribution in [0.5, 0.6) is 0 Å². The largest absolute Gasteiger partial charge is 0.350 e. The number of amides is 1. The van der Waals surface area contributed by atoms with Crippen molar-refractivity contribution in [3.8, 4) is 0 Å². The van der Waals surface area contributed by atoms with Crippen LogP contribution in [0.25, 0.3) is 10.1 Å². The van der Waals surface area contributed by atoms with Crippen molar-refractivity contribution in [1.82, 2.24) is 5.32 Å². The van der Waals surface area contributed by atoms with Gasteiger partial charge in [-0.2, -0.15) is 0 Å². The normalized spacial score (nSPS) is 12.8. The van der Waals surface area contributed by atoms with Gasteiger partial charge in [0.25, 0.3) is 5.91 Å². The molecule has 0 aliphatic carbocycles. The van der Waals surface area contributed by atoms with E-state index >= 15 is 0 Å². The molecule has 1 heterocycles. The summed E-state index contributed by atoms with van der Waals surface area (Å²) in [4.78, 5) is 13.3. The number of carbonyl (C=O) groups is 1. The van der Waals surface area contributed by atoms with Gasteiger partial charge in [0, 0.05) is 16.1 Å². The standard InChI is InChI=1S/C16H20BrNOS/c1-3-11(4-2)13(17)10-18-16(19)15-9-12-7-5-6-8-14(12)20-15/h5-9,11,13H,3-4,10H2,1-2H3,(H,18,19). The molecule has 2 aromatic rings. The summed E-state index contributed by atoms with van der Waals surface area (Å²) in [6.45, 7) is 5.06. The molecule has 0 spiro atoms. The first-order chi connectivity index (χ1) is 9.65. The van der Waals surface area contributed by atoms with Crippen LogP contribution in [-0.4, -0.2) is 17.3 Å². The highest BCUT2D eigenvalue weighted by Gasteiger charge is 2.17. The number of hydrogen-bond donors (Lipinski definition) is 1. The Labute approximate surface area is 132 Å². The van der Waals surface area contributed by atoms with Crippen LogP contribution < -0.4 is 5.32 Å². The Morgan fingerprint density at radius 3 is 2.65 bits per heavy atom. The topological polar surface area (TPSA) is 29.1 Å². The van der Waals surface area contributed by atoms with E-state index in [1.807, 2.05) is 30.3 Å². The van der Waals surface area contributed by atoms with Gasteiger partial charge < -0.3 is 5.32 Å². The van der Waals surface area contributed by atoms with Crippen molar-refractivity contribution in [3.05, 3.63) is 35.2 Å². The highest BCUT2D eigenvalue weighted by Crippen LogP contribution is 2.25. The van der Waals surface area contributed by atoms with Gasteiger partial charge in [-0.3, -0.25) is 4.79 Å². The Balaban J connectivity index is 1.98. The third kappa shape index (κ3) is 3.61. The Kier molecular flexibility index (Phi) is 5.61. The van der Waals surface area contributed by atoms with Crippen molar-refractivity contribution in [2.45, 2.75) is 31.5 Å². The number of nitrogens with one attached hydrogen (secondary N) is 1. The van der Waals surface area contributed by atoms with Crippen molar-refractivity contribution >= 4 is 43.3 Å². The fourth-order valence-corrected chi connectivity index (χ4v) is 4.23. The van der Waals surface area contributed by atoms with E-state index in [0.717, 1.165) is 27.8 Å². The summed E-state index contributed by atoms with van der Waals surface area (Å²) in [5, 5.41) is 4.17. The van der Waals surface area contributed by atoms with Crippen molar-refractivity contribution in [1.29, 1.82) is 0 Å². The van der Waals surface area contributed by atoms with Gasteiger partial charge in [0.1, 0.15) is 0 Å². The number of carbonyl (C=O) groups excluding carboxylic acids is 1. The maximum absolute atomic E-state index is 12.2. The lowest BCUT2D eigenvalue weighted by Gasteiger charge is -2.19. The Morgan fingerprint density at radius 1 is 1.30 bits per heavy atom. The summed E-state index contributed by atoms with van der Waals surface area (Å²) in [6.07, 6.45) is 2.26. The SMILES string of the molecule is CCC(CC)C(Br)CNC(=O)c1cc2ccccc2s1. The van der Waals surface area contributed by atoms with Crippen LogP contribution >= 0.6 is 27.3 Å². The molecule has 0 aliphatic heterocycles. The predicted octanol–water partition coefficient (Wildman–Crippen LogP) is 4.83. The smallest absolute Gasteiger partial charge is 0.261 e. The molecule has 20 heavy (non-hydrogen) atoms. The average Bonchev–Trinajstić information content (AvgIpc) is 2.90. The zero-order valence-electron chi connectivity index (χ0n) is 11.9. The predicted molar refractivity (Wildman–Crippen MR) is 90.9 cm³/mol. The van der Waals surface area contributed by atoms with E-state index in [0.29, 0.717) is 17.3 Å². The van der Waals surface area contributed by atoms with Crippen LogP contribution in [0.15, 0.2) is 30.3 Å². The van der Waals surface area contributed by atoms with Gasteiger partial charge in [0.05, 0.1) is 4.88 Å². The van der Waals surface area contributed by atoms with E-state index in [4.69, 9.17) is 0 Å². The molecule has 1 atom stereocenters. The monoisotopic (exact) mass is 353 g/mol. The van der Waals surface area contributed by atoms with Crippen LogP contribution in [0.1, 0.15) is 36.4 Å². The third-order valence-electron chi connectivity index (χ3n) is 3.67. The molecular formula is C16H20BrNOS. The van der Waals surface area contributed by atoms with E-state index in [9.17, 15) is 4.79 Å². The quantitative estimate of drug-likeness (QED) is 0.740. The molecular weight excluding hydrogens is 334 g/mol. The van der Waals surface area contributed by atoms with Crippen molar-refractivity contribution in [2.24, 2.45) is 5.92 Å². The number of thiophene rings is 1. The molecule has 0 fully saturated rings. The first kappa shape index (κ1) is 15.5. The molecule has 0 saturated carbocycles. The second-order valence-electron chi connectivity index (χ2n) is 4.95. The number of alkyl halides is 1. The first-order valence-corrected chi connectivity index (χ1v) is 8.79. The highest BCUT2D eigenvalue weighted by atomic mass is 79.9. The summed E-state index contributed by atoms with van der Waals surface area (Å²) in [6, 6.07) is 10.1. The van der Waals surface area contributed by atoms with Gasteiger partial charge in [-0.1, -0.05) is 60.8 Å². The molecule has 1 aromatic heterocycles. The van der Waals surface area contributed by atoms with Crippen LogP contribution in [0.4, 0.5) is 0 Å². The van der Waals surface area contributed by atoms with Gasteiger partial charge in [0.15, 0.2) is 0 Å². The van der Waals surface area contributed by atoms with E-state index in [2.05, 4.69) is 35.1 Å². The van der Waals surface area contributed by atoms with Crippen LogP contribution in [0.3, 0.4) is 0 Å². The molecule has 1 N–H and O–H groups in total.